The number of benzene rings is 2. The van der Waals surface area contributed by atoms with Gasteiger partial charge in [-0.3, -0.25) is 4.79 Å². The van der Waals surface area contributed by atoms with Gasteiger partial charge in [-0.2, -0.15) is 0 Å². The predicted molar refractivity (Wildman–Crippen MR) is 84.4 cm³/mol. The van der Waals surface area contributed by atoms with E-state index >= 15 is 0 Å². The van der Waals surface area contributed by atoms with Crippen LogP contribution in [0.4, 0.5) is 10.1 Å². The maximum absolute atomic E-state index is 12.8. The number of nitrogens with two attached hydrogens (primary N) is 1. The molecule has 2 aromatic carbocycles. The van der Waals surface area contributed by atoms with Gasteiger partial charge in [-0.05, 0) is 42.0 Å². The average Bonchev–Trinajstić information content (AvgIpc) is 2.47. The highest BCUT2D eigenvalue weighted by Gasteiger charge is 2.08. The van der Waals surface area contributed by atoms with Crippen molar-refractivity contribution in [2.24, 2.45) is 5.73 Å². The van der Waals surface area contributed by atoms with Crippen molar-refractivity contribution in [3.8, 4) is 0 Å². The average molecular weight is 303 g/mol. The Morgan fingerprint density at radius 2 is 1.81 bits per heavy atom. The summed E-state index contributed by atoms with van der Waals surface area (Å²) in [5.41, 5.74) is 7.09. The van der Waals surface area contributed by atoms with Crippen LogP contribution in [-0.2, 0) is 6.54 Å². The van der Waals surface area contributed by atoms with Gasteiger partial charge in [-0.25, -0.2) is 4.39 Å². The van der Waals surface area contributed by atoms with Crippen molar-refractivity contribution >= 4 is 28.9 Å². The van der Waals surface area contributed by atoms with Crippen LogP contribution in [0.5, 0.6) is 0 Å². The van der Waals surface area contributed by atoms with Crippen LogP contribution >= 0.6 is 12.2 Å². The number of para-hydroxylation sites is 1. The largest absolute Gasteiger partial charge is 0.366 e. The minimum Gasteiger partial charge on any atom is -0.366 e. The Balaban J connectivity index is 1.96. The van der Waals surface area contributed by atoms with Crippen LogP contribution in [0.15, 0.2) is 48.5 Å². The quantitative estimate of drug-likeness (QED) is 0.759. The van der Waals surface area contributed by atoms with E-state index in [1.54, 1.807) is 36.4 Å². The highest BCUT2D eigenvalue weighted by Crippen LogP contribution is 2.14. The molecular weight excluding hydrogens is 289 g/mol. The van der Waals surface area contributed by atoms with Gasteiger partial charge < -0.3 is 16.4 Å². The van der Waals surface area contributed by atoms with Crippen molar-refractivity contribution in [1.29, 1.82) is 0 Å². The van der Waals surface area contributed by atoms with Gasteiger partial charge in [0, 0.05) is 6.54 Å². The summed E-state index contributed by atoms with van der Waals surface area (Å²) >= 11 is 5.16. The minimum atomic E-state index is -0.528. The lowest BCUT2D eigenvalue weighted by molar-refractivity contribution is 0.100. The number of carbonyl (C=O) groups is 1. The maximum atomic E-state index is 12.8. The van der Waals surface area contributed by atoms with Crippen LogP contribution in [-0.4, -0.2) is 11.0 Å². The third kappa shape index (κ3) is 4.25. The molecule has 0 radical (unpaired) electrons. The summed E-state index contributed by atoms with van der Waals surface area (Å²) in [7, 11) is 0. The van der Waals surface area contributed by atoms with Crippen LogP contribution in [0.25, 0.3) is 0 Å². The first-order valence-electron chi connectivity index (χ1n) is 6.24. The molecule has 0 atom stereocenters. The second-order valence-corrected chi connectivity index (χ2v) is 4.75. The normalized spacial score (nSPS) is 9.95. The van der Waals surface area contributed by atoms with Crippen LogP contribution in [0.1, 0.15) is 15.9 Å². The highest BCUT2D eigenvalue weighted by atomic mass is 32.1. The molecule has 0 aliphatic rings. The van der Waals surface area contributed by atoms with E-state index in [2.05, 4.69) is 10.6 Å². The number of anilines is 1. The lowest BCUT2D eigenvalue weighted by Gasteiger charge is -2.12. The molecule has 1 amide bonds. The number of hydrogen-bond acceptors (Lipinski definition) is 2. The molecule has 0 unspecified atom stereocenters. The number of rotatable bonds is 4. The van der Waals surface area contributed by atoms with Crippen molar-refractivity contribution in [3.63, 3.8) is 0 Å². The lowest BCUT2D eigenvalue weighted by atomic mass is 10.1. The van der Waals surface area contributed by atoms with E-state index in [1.165, 1.54) is 12.1 Å². The van der Waals surface area contributed by atoms with Gasteiger partial charge in [0.15, 0.2) is 5.11 Å². The van der Waals surface area contributed by atoms with Gasteiger partial charge in [0.2, 0.25) is 0 Å². The number of hydrogen-bond donors (Lipinski definition) is 3. The summed E-state index contributed by atoms with van der Waals surface area (Å²) in [5, 5.41) is 6.25. The fourth-order valence-electron chi connectivity index (χ4n) is 1.76. The molecule has 4 N–H and O–H groups in total. The topological polar surface area (TPSA) is 67.2 Å². The Bertz CT molecular complexity index is 658. The fourth-order valence-corrected chi connectivity index (χ4v) is 1.94. The van der Waals surface area contributed by atoms with E-state index in [0.29, 0.717) is 22.9 Å². The molecule has 6 heteroatoms. The van der Waals surface area contributed by atoms with E-state index in [0.717, 1.165) is 5.56 Å². The highest BCUT2D eigenvalue weighted by molar-refractivity contribution is 7.80. The van der Waals surface area contributed by atoms with E-state index in [4.69, 9.17) is 18.0 Å². The summed E-state index contributed by atoms with van der Waals surface area (Å²) in [6.07, 6.45) is 0. The molecule has 108 valence electrons. The van der Waals surface area contributed by atoms with Crippen LogP contribution in [0.3, 0.4) is 0 Å². The van der Waals surface area contributed by atoms with E-state index in [9.17, 15) is 9.18 Å². The molecule has 2 aromatic rings. The summed E-state index contributed by atoms with van der Waals surface area (Å²) in [4.78, 5) is 11.3. The first-order chi connectivity index (χ1) is 10.1. The smallest absolute Gasteiger partial charge is 0.250 e. The first-order valence-corrected chi connectivity index (χ1v) is 6.65. The van der Waals surface area contributed by atoms with Crippen LogP contribution < -0.4 is 16.4 Å². The summed E-state index contributed by atoms with van der Waals surface area (Å²) in [5.74, 6) is -0.811. The Morgan fingerprint density at radius 1 is 1.14 bits per heavy atom. The molecule has 0 spiro atoms. The van der Waals surface area contributed by atoms with Crippen molar-refractivity contribution in [1.82, 2.24) is 5.32 Å². The van der Waals surface area contributed by atoms with Crippen molar-refractivity contribution in [2.75, 3.05) is 5.32 Å². The SMILES string of the molecule is NC(=O)c1ccccc1NC(=S)NCc1ccc(F)cc1. The van der Waals surface area contributed by atoms with Gasteiger partial charge in [0.05, 0.1) is 11.3 Å². The third-order valence-electron chi connectivity index (χ3n) is 2.81. The number of amides is 1. The molecule has 0 aromatic heterocycles. The Hall–Kier alpha value is -2.47. The van der Waals surface area contributed by atoms with Gasteiger partial charge in [0.25, 0.3) is 5.91 Å². The number of nitrogens with one attached hydrogen (secondary N) is 2. The van der Waals surface area contributed by atoms with Crippen molar-refractivity contribution < 1.29 is 9.18 Å². The molecule has 4 nitrogen and oxygen atoms in total. The fraction of sp³-hybridized carbons (Fsp3) is 0.0667. The second-order valence-electron chi connectivity index (χ2n) is 4.34. The van der Waals surface area contributed by atoms with E-state index in [1.807, 2.05) is 0 Å². The standard InChI is InChI=1S/C15H14FN3OS/c16-11-7-5-10(6-8-11)9-18-15(21)19-13-4-2-1-3-12(13)14(17)20/h1-8H,9H2,(H2,17,20)(H2,18,19,21). The van der Waals surface area contributed by atoms with Gasteiger partial charge in [-0.1, -0.05) is 24.3 Å². The van der Waals surface area contributed by atoms with Crippen molar-refractivity contribution in [2.45, 2.75) is 6.54 Å². The zero-order valence-electron chi connectivity index (χ0n) is 11.1. The van der Waals surface area contributed by atoms with Crippen molar-refractivity contribution in [3.05, 3.63) is 65.5 Å². The van der Waals surface area contributed by atoms with E-state index in [-0.39, 0.29) is 5.82 Å². The molecule has 0 fully saturated rings. The maximum Gasteiger partial charge on any atom is 0.250 e. The van der Waals surface area contributed by atoms with E-state index < -0.39 is 5.91 Å². The first kappa shape index (κ1) is 14.9. The zero-order valence-corrected chi connectivity index (χ0v) is 11.9. The predicted octanol–water partition coefficient (Wildman–Crippen LogP) is 2.41. The summed E-state index contributed by atoms with van der Waals surface area (Å²) in [6, 6.07) is 12.9. The van der Waals surface area contributed by atoms with Gasteiger partial charge in [-0.15, -0.1) is 0 Å². The van der Waals surface area contributed by atoms with Gasteiger partial charge >= 0.3 is 0 Å². The molecule has 0 heterocycles. The molecule has 0 aliphatic carbocycles. The van der Waals surface area contributed by atoms with Gasteiger partial charge in [0.1, 0.15) is 5.82 Å². The second kappa shape index (κ2) is 6.81. The van der Waals surface area contributed by atoms with Crippen LogP contribution in [0.2, 0.25) is 0 Å². The third-order valence-corrected chi connectivity index (χ3v) is 3.05. The number of primary amides is 1. The number of carbonyl (C=O) groups excluding carboxylic acids is 1. The zero-order chi connectivity index (χ0) is 15.2. The Morgan fingerprint density at radius 3 is 2.48 bits per heavy atom. The van der Waals surface area contributed by atoms with Crippen LogP contribution in [0, 0.1) is 5.82 Å². The molecule has 0 bridgehead atoms. The molecular formula is C15H14FN3OS. The Labute approximate surface area is 127 Å². The number of halogens is 1. The molecule has 0 aliphatic heterocycles. The molecule has 2 rings (SSSR count). The molecule has 21 heavy (non-hydrogen) atoms. The minimum absolute atomic E-state index is 0.283. The number of thiocarbonyl (C=S) groups is 1. The summed E-state index contributed by atoms with van der Waals surface area (Å²) < 4.78 is 12.8. The molecule has 0 saturated carbocycles. The summed E-state index contributed by atoms with van der Waals surface area (Å²) in [6.45, 7) is 0.449. The molecule has 0 saturated heterocycles. The Kier molecular flexibility index (Phi) is 4.84. The monoisotopic (exact) mass is 303 g/mol. The lowest BCUT2D eigenvalue weighted by Crippen LogP contribution is -2.29.